The lowest BCUT2D eigenvalue weighted by Crippen LogP contribution is -2.54. The van der Waals surface area contributed by atoms with Crippen molar-refractivity contribution in [3.05, 3.63) is 24.3 Å². The van der Waals surface area contributed by atoms with Crippen molar-refractivity contribution in [2.24, 2.45) is 11.8 Å². The molecular formula is C16H24N4O. The third kappa shape index (κ3) is 2.58. The molecule has 0 spiro atoms. The smallest absolute Gasteiger partial charge is 0.223 e. The largest absolute Gasteiger partial charge is 0.361 e. The van der Waals surface area contributed by atoms with Gasteiger partial charge in [-0.3, -0.25) is 9.80 Å². The fourth-order valence-electron chi connectivity index (χ4n) is 3.38. The van der Waals surface area contributed by atoms with Gasteiger partial charge in [-0.15, -0.1) is 0 Å². The summed E-state index contributed by atoms with van der Waals surface area (Å²) < 4.78 is 0. The molecule has 1 amide bonds. The van der Waals surface area contributed by atoms with Gasteiger partial charge in [-0.25, -0.2) is 5.84 Å². The third-order valence-corrected chi connectivity index (χ3v) is 4.35. The average Bonchev–Trinajstić information content (AvgIpc) is 3.03. The minimum absolute atomic E-state index is 0.0268. The second-order valence-electron chi connectivity index (χ2n) is 6.41. The highest BCUT2D eigenvalue weighted by Crippen LogP contribution is 2.36. The van der Waals surface area contributed by atoms with Crippen molar-refractivity contribution >= 4 is 17.3 Å². The Morgan fingerprint density at radius 2 is 2.19 bits per heavy atom. The lowest BCUT2D eigenvalue weighted by molar-refractivity contribution is -0.133. The van der Waals surface area contributed by atoms with Crippen LogP contribution in [0, 0.1) is 5.92 Å². The van der Waals surface area contributed by atoms with E-state index in [1.165, 1.54) is 0 Å². The quantitative estimate of drug-likeness (QED) is 0.837. The van der Waals surface area contributed by atoms with Crippen LogP contribution in [0.25, 0.3) is 0 Å². The van der Waals surface area contributed by atoms with Crippen LogP contribution in [-0.4, -0.2) is 29.6 Å². The minimum Gasteiger partial charge on any atom is -0.361 e. The van der Waals surface area contributed by atoms with Gasteiger partial charge in [0.05, 0.1) is 17.4 Å². The first-order chi connectivity index (χ1) is 10.1. The highest BCUT2D eigenvalue weighted by atomic mass is 16.2. The van der Waals surface area contributed by atoms with Crippen molar-refractivity contribution in [3.63, 3.8) is 0 Å². The summed E-state index contributed by atoms with van der Waals surface area (Å²) in [5.74, 6) is 6.91. The van der Waals surface area contributed by atoms with Crippen molar-refractivity contribution in [2.45, 2.75) is 45.3 Å². The number of benzene rings is 1. The molecule has 2 aliphatic heterocycles. The number of nitrogens with zero attached hydrogens (tertiary/aromatic N) is 2. The lowest BCUT2D eigenvalue weighted by atomic mass is 10.1. The zero-order valence-electron chi connectivity index (χ0n) is 12.7. The van der Waals surface area contributed by atoms with Crippen LogP contribution in [0.4, 0.5) is 11.4 Å². The molecule has 1 aromatic carbocycles. The SMILES string of the molecule is CC(C)CC(=O)N1CCC[C@H]1C1Nc2ccccc2N1N. The number of carbonyl (C=O) groups is 1. The molecule has 1 saturated heterocycles. The fourth-order valence-corrected chi connectivity index (χ4v) is 3.38. The summed E-state index contributed by atoms with van der Waals surface area (Å²) in [5, 5.41) is 5.25. The van der Waals surface area contributed by atoms with E-state index in [2.05, 4.69) is 19.2 Å². The third-order valence-electron chi connectivity index (χ3n) is 4.35. The number of nitrogens with one attached hydrogen (secondary N) is 1. The van der Waals surface area contributed by atoms with Crippen molar-refractivity contribution in [1.82, 2.24) is 4.90 Å². The predicted octanol–water partition coefficient (Wildman–Crippen LogP) is 2.16. The molecular weight excluding hydrogens is 264 g/mol. The number of hydrogen-bond acceptors (Lipinski definition) is 4. The summed E-state index contributed by atoms with van der Waals surface area (Å²) in [6, 6.07) is 8.17. The van der Waals surface area contributed by atoms with Gasteiger partial charge >= 0.3 is 0 Å². The maximum atomic E-state index is 12.4. The van der Waals surface area contributed by atoms with Crippen LogP contribution in [0.1, 0.15) is 33.1 Å². The Morgan fingerprint density at radius 3 is 2.90 bits per heavy atom. The van der Waals surface area contributed by atoms with Crippen molar-refractivity contribution in [3.8, 4) is 0 Å². The topological polar surface area (TPSA) is 61.6 Å². The Balaban J connectivity index is 1.76. The van der Waals surface area contributed by atoms with Crippen LogP contribution >= 0.6 is 0 Å². The van der Waals surface area contributed by atoms with E-state index in [-0.39, 0.29) is 18.1 Å². The van der Waals surface area contributed by atoms with Crippen molar-refractivity contribution < 1.29 is 4.79 Å². The van der Waals surface area contributed by atoms with Crippen LogP contribution in [0.2, 0.25) is 0 Å². The van der Waals surface area contributed by atoms with Crippen LogP contribution in [0.3, 0.4) is 0 Å². The van der Waals surface area contributed by atoms with Gasteiger partial charge in [-0.1, -0.05) is 26.0 Å². The van der Waals surface area contributed by atoms with E-state index < -0.39 is 0 Å². The van der Waals surface area contributed by atoms with Crippen LogP contribution < -0.4 is 16.2 Å². The molecule has 1 aromatic rings. The van der Waals surface area contributed by atoms with E-state index in [9.17, 15) is 4.79 Å². The van der Waals surface area contributed by atoms with Gasteiger partial charge < -0.3 is 10.2 Å². The normalized spacial score (nSPS) is 24.4. The molecule has 0 aliphatic carbocycles. The van der Waals surface area contributed by atoms with Gasteiger partial charge in [0.15, 0.2) is 0 Å². The molecule has 1 fully saturated rings. The highest BCUT2D eigenvalue weighted by Gasteiger charge is 2.40. The summed E-state index contributed by atoms with van der Waals surface area (Å²) in [6.45, 7) is 5.02. The number of nitrogens with two attached hydrogens (primary N) is 1. The molecule has 2 aliphatic rings. The Labute approximate surface area is 126 Å². The van der Waals surface area contributed by atoms with E-state index in [0.29, 0.717) is 12.3 Å². The standard InChI is InChI=1S/C16H24N4O/c1-11(2)10-15(21)19-9-5-8-14(19)16-18-12-6-3-4-7-13(12)20(16)17/h3-4,6-7,11,14,16,18H,5,8-10,17H2,1-2H3/t14-,16?/m0/s1. The molecule has 0 bridgehead atoms. The summed E-state index contributed by atoms with van der Waals surface area (Å²) in [6.07, 6.45) is 2.64. The summed E-state index contributed by atoms with van der Waals surface area (Å²) in [5.41, 5.74) is 2.05. The predicted molar refractivity (Wildman–Crippen MR) is 84.7 cm³/mol. The number of carbonyl (C=O) groups excluding carboxylic acids is 1. The van der Waals surface area contributed by atoms with E-state index in [4.69, 9.17) is 5.84 Å². The number of likely N-dealkylation sites (tertiary alicyclic amines) is 1. The summed E-state index contributed by atoms with van der Waals surface area (Å²) >= 11 is 0. The van der Waals surface area contributed by atoms with Gasteiger partial charge in [0, 0.05) is 13.0 Å². The molecule has 2 heterocycles. The lowest BCUT2D eigenvalue weighted by Gasteiger charge is -2.34. The number of hydrogen-bond donors (Lipinski definition) is 2. The Bertz CT molecular complexity index is 531. The second-order valence-corrected chi connectivity index (χ2v) is 6.41. The molecule has 3 N–H and O–H groups in total. The Morgan fingerprint density at radius 1 is 1.43 bits per heavy atom. The molecule has 3 rings (SSSR count). The zero-order chi connectivity index (χ0) is 15.0. The summed E-state index contributed by atoms with van der Waals surface area (Å²) in [4.78, 5) is 14.5. The maximum Gasteiger partial charge on any atom is 0.223 e. The Hall–Kier alpha value is -1.75. The van der Waals surface area contributed by atoms with Crippen LogP contribution in [-0.2, 0) is 4.79 Å². The zero-order valence-corrected chi connectivity index (χ0v) is 12.7. The van der Waals surface area contributed by atoms with E-state index >= 15 is 0 Å². The van der Waals surface area contributed by atoms with E-state index in [0.717, 1.165) is 30.8 Å². The van der Waals surface area contributed by atoms with Crippen molar-refractivity contribution in [1.29, 1.82) is 0 Å². The van der Waals surface area contributed by atoms with Gasteiger partial charge in [0.2, 0.25) is 5.91 Å². The highest BCUT2D eigenvalue weighted by molar-refractivity contribution is 5.79. The molecule has 5 heteroatoms. The second kappa shape index (κ2) is 5.56. The number of fused-ring (bicyclic) bond motifs is 1. The summed E-state index contributed by atoms with van der Waals surface area (Å²) in [7, 11) is 0. The molecule has 114 valence electrons. The molecule has 1 unspecified atom stereocenters. The first-order valence-electron chi connectivity index (χ1n) is 7.77. The molecule has 0 saturated carbocycles. The molecule has 5 nitrogen and oxygen atoms in total. The number of anilines is 2. The maximum absolute atomic E-state index is 12.4. The van der Waals surface area contributed by atoms with Gasteiger partial charge in [0.25, 0.3) is 0 Å². The fraction of sp³-hybridized carbons (Fsp3) is 0.562. The van der Waals surface area contributed by atoms with Crippen LogP contribution in [0.15, 0.2) is 24.3 Å². The van der Waals surface area contributed by atoms with Crippen molar-refractivity contribution in [2.75, 3.05) is 16.9 Å². The average molecular weight is 288 g/mol. The molecule has 21 heavy (non-hydrogen) atoms. The Kier molecular flexibility index (Phi) is 3.76. The van der Waals surface area contributed by atoms with Gasteiger partial charge in [0.1, 0.15) is 6.17 Å². The number of rotatable bonds is 3. The number of hydrazine groups is 1. The van der Waals surface area contributed by atoms with Crippen LogP contribution in [0.5, 0.6) is 0 Å². The van der Waals surface area contributed by atoms with Gasteiger partial charge in [-0.2, -0.15) is 0 Å². The number of amides is 1. The van der Waals surface area contributed by atoms with Gasteiger partial charge in [-0.05, 0) is 30.9 Å². The monoisotopic (exact) mass is 288 g/mol. The van der Waals surface area contributed by atoms with E-state index in [1.54, 1.807) is 5.01 Å². The first-order valence-corrected chi connectivity index (χ1v) is 7.77. The van der Waals surface area contributed by atoms with E-state index in [1.807, 2.05) is 29.2 Å². The first kappa shape index (κ1) is 14.2. The number of para-hydroxylation sites is 2. The minimum atomic E-state index is -0.0268. The molecule has 0 aromatic heterocycles. The molecule has 0 radical (unpaired) electrons. The molecule has 2 atom stereocenters.